The van der Waals surface area contributed by atoms with E-state index in [1.165, 1.54) is 5.56 Å². The summed E-state index contributed by atoms with van der Waals surface area (Å²) in [6.45, 7) is 7.96. The Morgan fingerprint density at radius 3 is 2.85 bits per heavy atom. The van der Waals surface area contributed by atoms with E-state index in [-0.39, 0.29) is 11.8 Å². The third-order valence-corrected chi connectivity index (χ3v) is 5.54. The number of carbonyl (C=O) groups is 1. The molecule has 3 aromatic rings. The van der Waals surface area contributed by atoms with Gasteiger partial charge in [0.1, 0.15) is 5.82 Å². The first kappa shape index (κ1) is 17.7. The van der Waals surface area contributed by atoms with E-state index in [2.05, 4.69) is 36.4 Å². The van der Waals surface area contributed by atoms with Gasteiger partial charge in [0.2, 0.25) is 5.91 Å². The van der Waals surface area contributed by atoms with Crippen molar-refractivity contribution in [3.05, 3.63) is 59.7 Å². The highest BCUT2D eigenvalue weighted by atomic mass is 16.2. The highest BCUT2D eigenvalue weighted by Crippen LogP contribution is 2.31. The van der Waals surface area contributed by atoms with Crippen LogP contribution in [-0.4, -0.2) is 38.4 Å². The van der Waals surface area contributed by atoms with E-state index < -0.39 is 0 Å². The number of hydrogen-bond acceptors (Lipinski definition) is 3. The number of fused-ring (bicyclic) bond motifs is 1. The van der Waals surface area contributed by atoms with E-state index >= 15 is 0 Å². The lowest BCUT2D eigenvalue weighted by molar-refractivity contribution is -0.129. The maximum absolute atomic E-state index is 12.8. The lowest BCUT2D eigenvalue weighted by Crippen LogP contribution is -2.30. The minimum atomic E-state index is 0.209. The molecule has 140 valence electrons. The maximum atomic E-state index is 12.8. The molecule has 27 heavy (non-hydrogen) atoms. The number of pyridine rings is 1. The summed E-state index contributed by atoms with van der Waals surface area (Å²) in [5, 5.41) is 0. The maximum Gasteiger partial charge on any atom is 0.227 e. The van der Waals surface area contributed by atoms with Crippen LogP contribution < -0.4 is 0 Å². The van der Waals surface area contributed by atoms with Crippen LogP contribution in [-0.2, 0) is 11.2 Å². The molecule has 1 aromatic carbocycles. The number of carbonyl (C=O) groups excluding carboxylic acids is 1. The number of likely N-dealkylation sites (tertiary alicyclic amines) is 1. The average molecular weight is 362 g/mol. The number of nitrogens with zero attached hydrogens (tertiary/aromatic N) is 4. The molecule has 5 nitrogen and oxygen atoms in total. The summed E-state index contributed by atoms with van der Waals surface area (Å²) in [4.78, 5) is 24.0. The zero-order valence-corrected chi connectivity index (χ0v) is 16.2. The monoisotopic (exact) mass is 362 g/mol. The Morgan fingerprint density at radius 2 is 2.07 bits per heavy atom. The molecule has 1 aliphatic heterocycles. The van der Waals surface area contributed by atoms with Gasteiger partial charge in [-0.2, -0.15) is 0 Å². The number of rotatable bonds is 4. The average Bonchev–Trinajstić information content (AvgIpc) is 3.28. The van der Waals surface area contributed by atoms with E-state index in [4.69, 9.17) is 4.98 Å². The Morgan fingerprint density at radius 1 is 1.26 bits per heavy atom. The second-order valence-electron chi connectivity index (χ2n) is 7.73. The first-order valence-electron chi connectivity index (χ1n) is 9.68. The second-order valence-corrected chi connectivity index (χ2v) is 7.73. The third-order valence-electron chi connectivity index (χ3n) is 5.54. The number of aryl methyl sites for hydroxylation is 1. The minimum absolute atomic E-state index is 0.209. The standard InChI is InChI=1S/C22H26N4O/c1-15(2)26-20-13-23-10-8-19(20)24-22(26)18-9-11-25(14-18)21(27)12-17-7-5-4-6-16(17)3/h4-8,10,13,15,18H,9,11-12,14H2,1-3H3/t18-/m1/s1. The van der Waals surface area contributed by atoms with Crippen molar-refractivity contribution in [2.24, 2.45) is 0 Å². The molecule has 2 aromatic heterocycles. The predicted molar refractivity (Wildman–Crippen MR) is 107 cm³/mol. The molecule has 1 aliphatic rings. The Balaban J connectivity index is 1.55. The minimum Gasteiger partial charge on any atom is -0.342 e. The largest absolute Gasteiger partial charge is 0.342 e. The molecule has 0 spiro atoms. The first-order valence-corrected chi connectivity index (χ1v) is 9.68. The number of imidazole rings is 1. The van der Waals surface area contributed by atoms with Crippen molar-refractivity contribution >= 4 is 16.9 Å². The molecule has 0 radical (unpaired) electrons. The fraction of sp³-hybridized carbons (Fsp3) is 0.409. The summed E-state index contributed by atoms with van der Waals surface area (Å²) in [6.07, 6.45) is 5.12. The molecule has 0 aliphatic carbocycles. The quantitative estimate of drug-likeness (QED) is 0.708. The van der Waals surface area contributed by atoms with Gasteiger partial charge >= 0.3 is 0 Å². The van der Waals surface area contributed by atoms with Crippen LogP contribution in [0, 0.1) is 6.92 Å². The van der Waals surface area contributed by atoms with E-state index in [0.717, 1.165) is 41.9 Å². The summed E-state index contributed by atoms with van der Waals surface area (Å²) in [7, 11) is 0. The van der Waals surface area contributed by atoms with Crippen molar-refractivity contribution in [3.63, 3.8) is 0 Å². The number of hydrogen-bond donors (Lipinski definition) is 0. The van der Waals surface area contributed by atoms with Gasteiger partial charge in [-0.1, -0.05) is 24.3 Å². The highest BCUT2D eigenvalue weighted by Gasteiger charge is 2.31. The molecule has 4 rings (SSSR count). The second kappa shape index (κ2) is 7.14. The van der Waals surface area contributed by atoms with Crippen LogP contribution >= 0.6 is 0 Å². The molecule has 0 bridgehead atoms. The topological polar surface area (TPSA) is 51.0 Å². The summed E-state index contributed by atoms with van der Waals surface area (Å²) in [5.41, 5.74) is 4.35. The predicted octanol–water partition coefficient (Wildman–Crippen LogP) is 3.88. The molecule has 5 heteroatoms. The van der Waals surface area contributed by atoms with Crippen LogP contribution in [0.3, 0.4) is 0 Å². The van der Waals surface area contributed by atoms with Crippen LogP contribution in [0.25, 0.3) is 11.0 Å². The number of benzene rings is 1. The molecular weight excluding hydrogens is 336 g/mol. The Labute approximate surface area is 160 Å². The third kappa shape index (κ3) is 3.34. The lowest BCUT2D eigenvalue weighted by atomic mass is 10.1. The molecule has 0 saturated carbocycles. The van der Waals surface area contributed by atoms with E-state index in [9.17, 15) is 4.79 Å². The first-order chi connectivity index (χ1) is 13.0. The van der Waals surface area contributed by atoms with Crippen LogP contribution in [0.2, 0.25) is 0 Å². The molecule has 1 atom stereocenters. The van der Waals surface area contributed by atoms with Crippen LogP contribution in [0.1, 0.15) is 49.2 Å². The smallest absolute Gasteiger partial charge is 0.227 e. The van der Waals surface area contributed by atoms with Crippen molar-refractivity contribution in [3.8, 4) is 0 Å². The summed E-state index contributed by atoms with van der Waals surface area (Å²) < 4.78 is 2.28. The van der Waals surface area contributed by atoms with Crippen LogP contribution in [0.15, 0.2) is 42.7 Å². The number of aromatic nitrogens is 3. The zero-order chi connectivity index (χ0) is 19.0. The van der Waals surface area contributed by atoms with Gasteiger partial charge in [0.25, 0.3) is 0 Å². The Hall–Kier alpha value is -2.69. The van der Waals surface area contributed by atoms with Crippen molar-refractivity contribution in [1.82, 2.24) is 19.4 Å². The molecule has 1 saturated heterocycles. The van der Waals surface area contributed by atoms with Gasteiger partial charge in [-0.3, -0.25) is 9.78 Å². The molecule has 0 unspecified atom stereocenters. The molecule has 1 fully saturated rings. The number of amides is 1. The molecule has 3 heterocycles. The fourth-order valence-corrected chi connectivity index (χ4v) is 4.07. The summed E-state index contributed by atoms with van der Waals surface area (Å²) in [5.74, 6) is 1.57. The van der Waals surface area contributed by atoms with E-state index in [1.54, 1.807) is 6.20 Å². The van der Waals surface area contributed by atoms with Crippen molar-refractivity contribution < 1.29 is 4.79 Å². The molecular formula is C22H26N4O. The molecule has 1 amide bonds. The lowest BCUT2D eigenvalue weighted by Gasteiger charge is -2.19. The summed E-state index contributed by atoms with van der Waals surface area (Å²) in [6, 6.07) is 10.4. The summed E-state index contributed by atoms with van der Waals surface area (Å²) >= 11 is 0. The van der Waals surface area contributed by atoms with E-state index in [0.29, 0.717) is 12.5 Å². The normalized spacial score (nSPS) is 17.2. The Kier molecular flexibility index (Phi) is 4.68. The molecule has 0 N–H and O–H groups in total. The Bertz CT molecular complexity index is 975. The van der Waals surface area contributed by atoms with Gasteiger partial charge in [-0.05, 0) is 44.4 Å². The van der Waals surface area contributed by atoms with Gasteiger partial charge in [0.05, 0.1) is 23.7 Å². The van der Waals surface area contributed by atoms with Crippen molar-refractivity contribution in [1.29, 1.82) is 0 Å². The van der Waals surface area contributed by atoms with E-state index in [1.807, 2.05) is 35.4 Å². The highest BCUT2D eigenvalue weighted by molar-refractivity contribution is 5.79. The fourth-order valence-electron chi connectivity index (χ4n) is 4.07. The van der Waals surface area contributed by atoms with Gasteiger partial charge in [-0.25, -0.2) is 4.98 Å². The zero-order valence-electron chi connectivity index (χ0n) is 16.2. The SMILES string of the molecule is Cc1ccccc1CC(=O)N1CC[C@@H](c2nc3ccncc3n2C(C)C)C1. The van der Waals surface area contributed by atoms with Crippen molar-refractivity contribution in [2.75, 3.05) is 13.1 Å². The van der Waals surface area contributed by atoms with Gasteiger partial charge in [0, 0.05) is 31.2 Å². The van der Waals surface area contributed by atoms with Crippen molar-refractivity contribution in [2.45, 2.75) is 45.6 Å². The van der Waals surface area contributed by atoms with Gasteiger partial charge < -0.3 is 9.47 Å². The van der Waals surface area contributed by atoms with Gasteiger partial charge in [0.15, 0.2) is 0 Å². The van der Waals surface area contributed by atoms with Crippen LogP contribution in [0.4, 0.5) is 0 Å². The van der Waals surface area contributed by atoms with Gasteiger partial charge in [-0.15, -0.1) is 0 Å². The van der Waals surface area contributed by atoms with Crippen LogP contribution in [0.5, 0.6) is 0 Å².